The number of carbonyl (C=O) groups is 2. The van der Waals surface area contributed by atoms with Crippen molar-refractivity contribution in [3.8, 4) is 0 Å². The average molecular weight is 348 g/mol. The number of fused-ring (bicyclic) bond motifs is 1. The van der Waals surface area contributed by atoms with Crippen molar-refractivity contribution in [2.45, 2.75) is 20.0 Å². The number of hydrogen-bond donors (Lipinski definition) is 1. The molecule has 0 bridgehead atoms. The molecule has 0 saturated carbocycles. The van der Waals surface area contributed by atoms with Crippen LogP contribution in [0.25, 0.3) is 10.1 Å². The van der Waals surface area contributed by atoms with Crippen molar-refractivity contribution in [2.75, 3.05) is 5.32 Å². The second-order valence-electron chi connectivity index (χ2n) is 5.12. The predicted molar refractivity (Wildman–Crippen MR) is 86.5 cm³/mol. The number of aryl methyl sites for hydroxylation is 1. The monoisotopic (exact) mass is 348 g/mol. The number of aromatic nitrogens is 1. The van der Waals surface area contributed by atoms with Gasteiger partial charge in [0, 0.05) is 16.2 Å². The van der Waals surface area contributed by atoms with Crippen molar-refractivity contribution in [2.24, 2.45) is 0 Å². The van der Waals surface area contributed by atoms with Gasteiger partial charge in [-0.1, -0.05) is 11.2 Å². The number of nitrogens with one attached hydrogen (secondary N) is 1. The third-order valence-corrected chi connectivity index (χ3v) is 4.32. The normalized spacial score (nSPS) is 12.1. The van der Waals surface area contributed by atoms with Gasteiger partial charge in [0.1, 0.15) is 16.5 Å². The SMILES string of the molecule is Cc1cc(NC(=O)[C@H](C)OC(=O)c2cc3c(F)cccc3s2)no1. The molecule has 0 radical (unpaired) electrons. The maximum absolute atomic E-state index is 13.7. The van der Waals surface area contributed by atoms with Crippen LogP contribution in [0.4, 0.5) is 10.2 Å². The Hall–Kier alpha value is -2.74. The zero-order valence-corrected chi connectivity index (χ0v) is 13.6. The zero-order valence-electron chi connectivity index (χ0n) is 12.8. The molecule has 0 fully saturated rings. The number of rotatable bonds is 4. The number of ether oxygens (including phenoxy) is 1. The molecule has 1 atom stereocenters. The quantitative estimate of drug-likeness (QED) is 0.730. The maximum atomic E-state index is 13.7. The van der Waals surface area contributed by atoms with Crippen LogP contribution >= 0.6 is 11.3 Å². The Morgan fingerprint density at radius 2 is 2.17 bits per heavy atom. The van der Waals surface area contributed by atoms with E-state index in [0.717, 1.165) is 11.3 Å². The summed E-state index contributed by atoms with van der Waals surface area (Å²) >= 11 is 1.11. The van der Waals surface area contributed by atoms with Crippen LogP contribution in [-0.4, -0.2) is 23.1 Å². The summed E-state index contributed by atoms with van der Waals surface area (Å²) < 4.78 is 24.3. The number of nitrogens with zero attached hydrogens (tertiary/aromatic N) is 1. The van der Waals surface area contributed by atoms with Crippen LogP contribution in [0.2, 0.25) is 0 Å². The summed E-state index contributed by atoms with van der Waals surface area (Å²) in [5.41, 5.74) is 0. The fourth-order valence-corrected chi connectivity index (χ4v) is 3.01. The number of amides is 1. The summed E-state index contributed by atoms with van der Waals surface area (Å²) in [5.74, 6) is -0.847. The van der Waals surface area contributed by atoms with Gasteiger partial charge in [-0.15, -0.1) is 11.3 Å². The predicted octanol–water partition coefficient (Wildman–Crippen LogP) is 3.52. The fraction of sp³-hybridized carbons (Fsp3) is 0.188. The Morgan fingerprint density at radius 3 is 2.83 bits per heavy atom. The molecule has 0 aliphatic carbocycles. The first-order valence-corrected chi connectivity index (χ1v) is 7.89. The molecule has 124 valence electrons. The maximum Gasteiger partial charge on any atom is 0.349 e. The van der Waals surface area contributed by atoms with Crippen molar-refractivity contribution in [1.29, 1.82) is 0 Å². The number of carbonyl (C=O) groups excluding carboxylic acids is 2. The van der Waals surface area contributed by atoms with Gasteiger partial charge in [-0.05, 0) is 32.0 Å². The van der Waals surface area contributed by atoms with Gasteiger partial charge in [0.25, 0.3) is 5.91 Å². The van der Waals surface area contributed by atoms with E-state index >= 15 is 0 Å². The molecule has 6 nitrogen and oxygen atoms in total. The molecule has 0 spiro atoms. The highest BCUT2D eigenvalue weighted by Gasteiger charge is 2.21. The standard InChI is InChI=1S/C16H13FN2O4S/c1-8-6-14(19-23-8)18-15(20)9(2)22-16(21)13-7-10-11(17)4-3-5-12(10)24-13/h3-7,9H,1-2H3,(H,18,19,20)/t9-/m0/s1. The minimum atomic E-state index is -1.04. The summed E-state index contributed by atoms with van der Waals surface area (Å²) in [5, 5.41) is 6.46. The van der Waals surface area contributed by atoms with Gasteiger partial charge in [0.2, 0.25) is 0 Å². The molecule has 24 heavy (non-hydrogen) atoms. The first-order chi connectivity index (χ1) is 11.4. The number of halogens is 1. The summed E-state index contributed by atoms with van der Waals surface area (Å²) in [7, 11) is 0. The van der Waals surface area contributed by atoms with Gasteiger partial charge in [-0.25, -0.2) is 9.18 Å². The topological polar surface area (TPSA) is 81.4 Å². The molecule has 1 amide bonds. The molecule has 3 aromatic rings. The lowest BCUT2D eigenvalue weighted by atomic mass is 10.2. The second-order valence-corrected chi connectivity index (χ2v) is 6.21. The summed E-state index contributed by atoms with van der Waals surface area (Å²) in [4.78, 5) is 24.4. The van der Waals surface area contributed by atoms with Crippen LogP contribution in [-0.2, 0) is 9.53 Å². The van der Waals surface area contributed by atoms with Crippen LogP contribution in [0.5, 0.6) is 0 Å². The number of thiophene rings is 1. The van der Waals surface area contributed by atoms with E-state index in [1.165, 1.54) is 19.1 Å². The number of esters is 1. The lowest BCUT2D eigenvalue weighted by Crippen LogP contribution is -2.29. The molecule has 3 rings (SSSR count). The van der Waals surface area contributed by atoms with Crippen molar-refractivity contribution in [3.05, 3.63) is 46.8 Å². The lowest BCUT2D eigenvalue weighted by Gasteiger charge is -2.11. The smallest absolute Gasteiger partial charge is 0.349 e. The van der Waals surface area contributed by atoms with Crippen LogP contribution < -0.4 is 5.32 Å². The van der Waals surface area contributed by atoms with Crippen molar-refractivity contribution >= 4 is 39.1 Å². The minimum Gasteiger partial charge on any atom is -0.448 e. The number of hydrogen-bond acceptors (Lipinski definition) is 6. The third kappa shape index (κ3) is 3.28. The Balaban J connectivity index is 1.68. The molecule has 8 heteroatoms. The zero-order chi connectivity index (χ0) is 17.3. The van der Waals surface area contributed by atoms with E-state index in [-0.39, 0.29) is 10.7 Å². The molecular formula is C16H13FN2O4S. The lowest BCUT2D eigenvalue weighted by molar-refractivity contribution is -0.123. The molecule has 2 aromatic heterocycles. The minimum absolute atomic E-state index is 0.229. The van der Waals surface area contributed by atoms with Gasteiger partial charge in [0.05, 0.1) is 0 Å². The van der Waals surface area contributed by atoms with Gasteiger partial charge in [0.15, 0.2) is 11.9 Å². The summed E-state index contributed by atoms with van der Waals surface area (Å²) in [6.45, 7) is 3.13. The Morgan fingerprint density at radius 1 is 1.38 bits per heavy atom. The van der Waals surface area contributed by atoms with E-state index < -0.39 is 23.8 Å². The molecular weight excluding hydrogens is 335 g/mol. The van der Waals surface area contributed by atoms with Gasteiger partial charge in [-0.3, -0.25) is 4.79 Å². The first kappa shape index (κ1) is 16.1. The molecule has 0 saturated heterocycles. The average Bonchev–Trinajstić information content (AvgIpc) is 3.14. The van der Waals surface area contributed by atoms with Crippen molar-refractivity contribution in [1.82, 2.24) is 5.16 Å². The Bertz CT molecular complexity index is 918. The molecule has 0 unspecified atom stereocenters. The summed E-state index contributed by atoms with van der Waals surface area (Å²) in [6.07, 6.45) is -1.04. The first-order valence-electron chi connectivity index (χ1n) is 7.07. The highest BCUT2D eigenvalue weighted by atomic mass is 32.1. The van der Waals surface area contributed by atoms with E-state index in [1.54, 1.807) is 25.1 Å². The fourth-order valence-electron chi connectivity index (χ4n) is 2.05. The highest BCUT2D eigenvalue weighted by molar-refractivity contribution is 7.20. The van der Waals surface area contributed by atoms with Gasteiger partial charge in [-0.2, -0.15) is 0 Å². The van der Waals surface area contributed by atoms with E-state index in [0.29, 0.717) is 15.8 Å². The third-order valence-electron chi connectivity index (χ3n) is 3.24. The van der Waals surface area contributed by atoms with Crippen molar-refractivity contribution in [3.63, 3.8) is 0 Å². The molecule has 2 heterocycles. The summed E-state index contributed by atoms with van der Waals surface area (Å²) in [6, 6.07) is 7.56. The highest BCUT2D eigenvalue weighted by Crippen LogP contribution is 2.28. The molecule has 1 N–H and O–H groups in total. The van der Waals surface area contributed by atoms with Gasteiger partial charge < -0.3 is 14.6 Å². The molecule has 1 aromatic carbocycles. The van der Waals surface area contributed by atoms with Crippen LogP contribution in [0, 0.1) is 12.7 Å². The largest absolute Gasteiger partial charge is 0.448 e. The number of benzene rings is 1. The van der Waals surface area contributed by atoms with E-state index in [1.807, 2.05) is 0 Å². The second kappa shape index (κ2) is 6.40. The van der Waals surface area contributed by atoms with E-state index in [9.17, 15) is 14.0 Å². The van der Waals surface area contributed by atoms with Gasteiger partial charge >= 0.3 is 5.97 Å². The van der Waals surface area contributed by atoms with Crippen LogP contribution in [0.15, 0.2) is 34.9 Å². The Kier molecular flexibility index (Phi) is 4.30. The number of anilines is 1. The Labute approximate surface area is 140 Å². The van der Waals surface area contributed by atoms with E-state index in [4.69, 9.17) is 9.26 Å². The molecule has 0 aliphatic rings. The molecule has 0 aliphatic heterocycles. The van der Waals surface area contributed by atoms with Crippen LogP contribution in [0.1, 0.15) is 22.4 Å². The van der Waals surface area contributed by atoms with E-state index in [2.05, 4.69) is 10.5 Å². The van der Waals surface area contributed by atoms with Crippen molar-refractivity contribution < 1.29 is 23.2 Å². The van der Waals surface area contributed by atoms with Crippen LogP contribution in [0.3, 0.4) is 0 Å².